The fourth-order valence-corrected chi connectivity index (χ4v) is 2.17. The minimum Gasteiger partial charge on any atom is -0.388 e. The SMILES string of the molecule is Cc1nc(-c2cn[nH]n2)sc1C(C)O. The van der Waals surface area contributed by atoms with E-state index in [1.165, 1.54) is 11.3 Å². The van der Waals surface area contributed by atoms with Crippen molar-refractivity contribution in [2.75, 3.05) is 0 Å². The Labute approximate surface area is 84.8 Å². The maximum Gasteiger partial charge on any atom is 0.146 e. The number of aromatic amines is 1. The second-order valence-electron chi connectivity index (χ2n) is 3.00. The number of thiazole rings is 1. The fraction of sp³-hybridized carbons (Fsp3) is 0.375. The van der Waals surface area contributed by atoms with Crippen molar-refractivity contribution in [1.29, 1.82) is 0 Å². The van der Waals surface area contributed by atoms with Gasteiger partial charge in [0.15, 0.2) is 0 Å². The summed E-state index contributed by atoms with van der Waals surface area (Å²) in [7, 11) is 0. The molecule has 0 saturated heterocycles. The van der Waals surface area contributed by atoms with E-state index in [9.17, 15) is 5.11 Å². The van der Waals surface area contributed by atoms with Gasteiger partial charge in [-0.25, -0.2) is 4.98 Å². The molecule has 0 saturated carbocycles. The number of aromatic nitrogens is 4. The molecule has 2 aromatic heterocycles. The Kier molecular flexibility index (Phi) is 2.30. The van der Waals surface area contributed by atoms with E-state index < -0.39 is 6.10 Å². The first-order valence-electron chi connectivity index (χ1n) is 4.20. The van der Waals surface area contributed by atoms with Gasteiger partial charge in [-0.3, -0.25) is 0 Å². The fourth-order valence-electron chi connectivity index (χ4n) is 1.21. The van der Waals surface area contributed by atoms with Crippen LogP contribution >= 0.6 is 11.3 Å². The lowest BCUT2D eigenvalue weighted by Crippen LogP contribution is -1.88. The standard InChI is InChI=1S/C8H10N4OS/c1-4-7(5(2)13)14-8(10-4)6-3-9-12-11-6/h3,5,13H,1-2H3,(H,9,11,12). The maximum absolute atomic E-state index is 9.44. The topological polar surface area (TPSA) is 74.7 Å². The number of aryl methyl sites for hydroxylation is 1. The molecule has 1 unspecified atom stereocenters. The lowest BCUT2D eigenvalue weighted by molar-refractivity contribution is 0.202. The predicted molar refractivity (Wildman–Crippen MR) is 52.9 cm³/mol. The molecule has 6 heteroatoms. The van der Waals surface area contributed by atoms with E-state index in [1.807, 2.05) is 6.92 Å². The molecule has 2 N–H and O–H groups in total. The molecular weight excluding hydrogens is 200 g/mol. The third kappa shape index (κ3) is 1.53. The van der Waals surface area contributed by atoms with Crippen LogP contribution in [0.4, 0.5) is 0 Å². The van der Waals surface area contributed by atoms with E-state index in [0.717, 1.165) is 15.6 Å². The number of H-pyrrole nitrogens is 1. The van der Waals surface area contributed by atoms with Gasteiger partial charge in [0.2, 0.25) is 0 Å². The number of nitrogens with one attached hydrogen (secondary N) is 1. The zero-order valence-corrected chi connectivity index (χ0v) is 8.67. The molecule has 74 valence electrons. The Morgan fingerprint density at radius 1 is 1.57 bits per heavy atom. The number of aliphatic hydroxyl groups is 1. The van der Waals surface area contributed by atoms with Gasteiger partial charge in [0, 0.05) is 0 Å². The molecule has 0 aliphatic heterocycles. The Morgan fingerprint density at radius 3 is 2.86 bits per heavy atom. The van der Waals surface area contributed by atoms with Gasteiger partial charge in [0.05, 0.1) is 22.9 Å². The highest BCUT2D eigenvalue weighted by molar-refractivity contribution is 7.15. The first kappa shape index (κ1) is 9.29. The lowest BCUT2D eigenvalue weighted by Gasteiger charge is -1.98. The highest BCUT2D eigenvalue weighted by Gasteiger charge is 2.14. The number of aliphatic hydroxyl groups excluding tert-OH is 1. The summed E-state index contributed by atoms with van der Waals surface area (Å²) in [6.45, 7) is 3.61. The average Bonchev–Trinajstić information content (AvgIpc) is 2.70. The Balaban J connectivity index is 2.43. The molecule has 14 heavy (non-hydrogen) atoms. The summed E-state index contributed by atoms with van der Waals surface area (Å²) in [6.07, 6.45) is 1.14. The van der Waals surface area contributed by atoms with Crippen LogP contribution in [-0.4, -0.2) is 25.5 Å². The number of hydrogen-bond donors (Lipinski definition) is 2. The molecule has 0 aromatic carbocycles. The monoisotopic (exact) mass is 210 g/mol. The molecule has 2 heterocycles. The summed E-state index contributed by atoms with van der Waals surface area (Å²) in [5, 5.41) is 20.4. The molecule has 0 aliphatic carbocycles. The van der Waals surface area contributed by atoms with Gasteiger partial charge in [0.1, 0.15) is 10.7 Å². The van der Waals surface area contributed by atoms with Crippen LogP contribution in [0.1, 0.15) is 23.6 Å². The number of rotatable bonds is 2. The average molecular weight is 210 g/mol. The van der Waals surface area contributed by atoms with Crippen LogP contribution in [0.3, 0.4) is 0 Å². The molecule has 1 atom stereocenters. The van der Waals surface area contributed by atoms with Crippen LogP contribution in [0.5, 0.6) is 0 Å². The van der Waals surface area contributed by atoms with Crippen molar-refractivity contribution in [3.05, 3.63) is 16.8 Å². The molecular formula is C8H10N4OS. The van der Waals surface area contributed by atoms with Gasteiger partial charge in [-0.2, -0.15) is 15.4 Å². The zero-order valence-electron chi connectivity index (χ0n) is 7.85. The Hall–Kier alpha value is -1.27. The molecule has 2 aromatic rings. The molecule has 0 radical (unpaired) electrons. The Bertz CT molecular complexity index is 420. The third-order valence-electron chi connectivity index (χ3n) is 1.85. The van der Waals surface area contributed by atoms with Crippen molar-refractivity contribution in [2.24, 2.45) is 0 Å². The van der Waals surface area contributed by atoms with Crippen molar-refractivity contribution in [1.82, 2.24) is 20.4 Å². The third-order valence-corrected chi connectivity index (χ3v) is 3.20. The van der Waals surface area contributed by atoms with Crippen molar-refractivity contribution >= 4 is 11.3 Å². The van der Waals surface area contributed by atoms with Gasteiger partial charge >= 0.3 is 0 Å². The van der Waals surface area contributed by atoms with E-state index in [-0.39, 0.29) is 0 Å². The second kappa shape index (κ2) is 3.47. The second-order valence-corrected chi connectivity index (χ2v) is 4.03. The summed E-state index contributed by atoms with van der Waals surface area (Å²) in [5.41, 5.74) is 1.56. The largest absolute Gasteiger partial charge is 0.388 e. The van der Waals surface area contributed by atoms with Crippen molar-refractivity contribution in [3.63, 3.8) is 0 Å². The lowest BCUT2D eigenvalue weighted by atomic mass is 10.3. The van der Waals surface area contributed by atoms with Crippen LogP contribution in [0.15, 0.2) is 6.20 Å². The van der Waals surface area contributed by atoms with Crippen LogP contribution in [-0.2, 0) is 0 Å². The number of nitrogens with zero attached hydrogens (tertiary/aromatic N) is 3. The summed E-state index contributed by atoms with van der Waals surface area (Å²) >= 11 is 1.44. The zero-order chi connectivity index (χ0) is 10.1. The van der Waals surface area contributed by atoms with Gasteiger partial charge in [-0.15, -0.1) is 11.3 Å². The van der Waals surface area contributed by atoms with Crippen LogP contribution in [0.2, 0.25) is 0 Å². The van der Waals surface area contributed by atoms with Crippen LogP contribution < -0.4 is 0 Å². The normalized spacial score (nSPS) is 13.1. The molecule has 2 rings (SSSR count). The molecule has 0 fully saturated rings. The highest BCUT2D eigenvalue weighted by Crippen LogP contribution is 2.29. The summed E-state index contributed by atoms with van der Waals surface area (Å²) in [4.78, 5) is 5.19. The molecule has 0 amide bonds. The molecule has 0 spiro atoms. The quantitative estimate of drug-likeness (QED) is 0.783. The Morgan fingerprint density at radius 2 is 2.36 bits per heavy atom. The minimum absolute atomic E-state index is 0.479. The summed E-state index contributed by atoms with van der Waals surface area (Å²) in [6, 6.07) is 0. The first-order chi connectivity index (χ1) is 6.68. The van der Waals surface area contributed by atoms with Crippen molar-refractivity contribution in [3.8, 4) is 10.7 Å². The van der Waals surface area contributed by atoms with Crippen molar-refractivity contribution in [2.45, 2.75) is 20.0 Å². The van der Waals surface area contributed by atoms with Crippen LogP contribution in [0.25, 0.3) is 10.7 Å². The van der Waals surface area contributed by atoms with E-state index >= 15 is 0 Å². The molecule has 5 nitrogen and oxygen atoms in total. The van der Waals surface area contributed by atoms with E-state index in [4.69, 9.17) is 0 Å². The first-order valence-corrected chi connectivity index (χ1v) is 5.01. The number of hydrogen-bond acceptors (Lipinski definition) is 5. The highest BCUT2D eigenvalue weighted by atomic mass is 32.1. The van der Waals surface area contributed by atoms with Crippen LogP contribution in [0, 0.1) is 6.92 Å². The van der Waals surface area contributed by atoms with E-state index in [2.05, 4.69) is 20.4 Å². The van der Waals surface area contributed by atoms with E-state index in [1.54, 1.807) is 13.1 Å². The van der Waals surface area contributed by atoms with Crippen molar-refractivity contribution < 1.29 is 5.11 Å². The van der Waals surface area contributed by atoms with Gasteiger partial charge < -0.3 is 5.11 Å². The van der Waals surface area contributed by atoms with Gasteiger partial charge in [0.25, 0.3) is 0 Å². The van der Waals surface area contributed by atoms with Gasteiger partial charge in [-0.1, -0.05) is 0 Å². The smallest absolute Gasteiger partial charge is 0.146 e. The van der Waals surface area contributed by atoms with Gasteiger partial charge in [-0.05, 0) is 13.8 Å². The predicted octanol–water partition coefficient (Wildman–Crippen LogP) is 1.29. The minimum atomic E-state index is -0.479. The van der Waals surface area contributed by atoms with E-state index in [0.29, 0.717) is 5.69 Å². The summed E-state index contributed by atoms with van der Waals surface area (Å²) in [5.74, 6) is 0. The molecule has 0 aliphatic rings. The molecule has 0 bridgehead atoms. The summed E-state index contributed by atoms with van der Waals surface area (Å²) < 4.78 is 0. The maximum atomic E-state index is 9.44.